The lowest BCUT2D eigenvalue weighted by Gasteiger charge is -2.32. The van der Waals surface area contributed by atoms with Crippen LogP contribution >= 0.6 is 0 Å². The van der Waals surface area contributed by atoms with E-state index in [4.69, 9.17) is 0 Å². The molecular weight excluding hydrogens is 374 g/mol. The van der Waals surface area contributed by atoms with E-state index in [1.54, 1.807) is 7.05 Å². The molecule has 1 amide bonds. The van der Waals surface area contributed by atoms with Crippen LogP contribution in [0, 0.1) is 0 Å². The number of aryl methyl sites for hydroxylation is 2. The van der Waals surface area contributed by atoms with Gasteiger partial charge in [0.05, 0.1) is 17.4 Å². The van der Waals surface area contributed by atoms with E-state index in [0.29, 0.717) is 5.56 Å². The van der Waals surface area contributed by atoms with Gasteiger partial charge in [-0.1, -0.05) is 6.07 Å². The SMILES string of the molecule is CNC(=O)c1ccc2nccc(N3CCCc4cc(-c5cnn(C)c5)ccc43)c2c1. The molecule has 0 spiro atoms. The average molecular weight is 397 g/mol. The Morgan fingerprint density at radius 2 is 1.97 bits per heavy atom. The Labute approximate surface area is 175 Å². The van der Waals surface area contributed by atoms with Gasteiger partial charge < -0.3 is 10.2 Å². The monoisotopic (exact) mass is 397 g/mol. The fraction of sp³-hybridized carbons (Fsp3) is 0.208. The summed E-state index contributed by atoms with van der Waals surface area (Å²) in [4.78, 5) is 19.0. The molecule has 4 aromatic rings. The smallest absolute Gasteiger partial charge is 0.251 e. The van der Waals surface area contributed by atoms with Gasteiger partial charge in [-0.2, -0.15) is 5.10 Å². The van der Waals surface area contributed by atoms with Gasteiger partial charge in [-0.05, 0) is 60.4 Å². The maximum absolute atomic E-state index is 12.2. The molecular formula is C24H23N5O. The molecule has 30 heavy (non-hydrogen) atoms. The number of benzene rings is 2. The molecule has 5 rings (SSSR count). The Balaban J connectivity index is 1.61. The molecule has 0 saturated heterocycles. The van der Waals surface area contributed by atoms with Gasteiger partial charge in [0.25, 0.3) is 5.91 Å². The fourth-order valence-corrected chi connectivity index (χ4v) is 4.25. The molecule has 2 aromatic heterocycles. The van der Waals surface area contributed by atoms with Crippen LogP contribution in [0.5, 0.6) is 0 Å². The molecule has 1 aliphatic rings. The van der Waals surface area contributed by atoms with Gasteiger partial charge in [0.15, 0.2) is 0 Å². The second-order valence-electron chi connectivity index (χ2n) is 7.64. The summed E-state index contributed by atoms with van der Waals surface area (Å²) in [5, 5.41) is 7.99. The van der Waals surface area contributed by atoms with Crippen LogP contribution in [0.25, 0.3) is 22.0 Å². The van der Waals surface area contributed by atoms with E-state index in [0.717, 1.165) is 41.5 Å². The second kappa shape index (κ2) is 7.30. The summed E-state index contributed by atoms with van der Waals surface area (Å²) in [7, 11) is 3.59. The van der Waals surface area contributed by atoms with Crippen molar-refractivity contribution in [3.63, 3.8) is 0 Å². The molecule has 0 radical (unpaired) electrons. The van der Waals surface area contributed by atoms with E-state index in [1.807, 2.05) is 54.6 Å². The van der Waals surface area contributed by atoms with Crippen LogP contribution in [0.4, 0.5) is 11.4 Å². The van der Waals surface area contributed by atoms with E-state index in [1.165, 1.54) is 16.8 Å². The van der Waals surface area contributed by atoms with Crippen molar-refractivity contribution in [1.29, 1.82) is 0 Å². The number of aromatic nitrogens is 3. The predicted molar refractivity (Wildman–Crippen MR) is 119 cm³/mol. The first-order chi connectivity index (χ1) is 14.6. The maximum atomic E-state index is 12.2. The zero-order valence-electron chi connectivity index (χ0n) is 17.1. The third-order valence-electron chi connectivity index (χ3n) is 5.73. The summed E-state index contributed by atoms with van der Waals surface area (Å²) in [6.07, 6.45) is 7.91. The average Bonchev–Trinajstić information content (AvgIpc) is 3.23. The summed E-state index contributed by atoms with van der Waals surface area (Å²) in [6, 6.07) is 14.4. The molecule has 1 aliphatic heterocycles. The third kappa shape index (κ3) is 3.10. The lowest BCUT2D eigenvalue weighted by atomic mass is 9.96. The minimum atomic E-state index is -0.0909. The molecule has 6 nitrogen and oxygen atoms in total. The number of hydrogen-bond acceptors (Lipinski definition) is 4. The number of anilines is 2. The van der Waals surface area contributed by atoms with Crippen molar-refractivity contribution in [2.75, 3.05) is 18.5 Å². The Kier molecular flexibility index (Phi) is 4.47. The van der Waals surface area contributed by atoms with Gasteiger partial charge in [0.1, 0.15) is 0 Å². The number of fused-ring (bicyclic) bond motifs is 2. The molecule has 0 bridgehead atoms. The molecule has 150 valence electrons. The number of pyridine rings is 1. The first kappa shape index (κ1) is 18.4. The molecule has 6 heteroatoms. The summed E-state index contributed by atoms with van der Waals surface area (Å²) in [5.74, 6) is -0.0909. The van der Waals surface area contributed by atoms with Gasteiger partial charge in [-0.3, -0.25) is 14.5 Å². The first-order valence-corrected chi connectivity index (χ1v) is 10.1. The van der Waals surface area contributed by atoms with Crippen molar-refractivity contribution in [2.45, 2.75) is 12.8 Å². The van der Waals surface area contributed by atoms with Crippen molar-refractivity contribution in [3.8, 4) is 11.1 Å². The van der Waals surface area contributed by atoms with Crippen molar-refractivity contribution in [2.24, 2.45) is 7.05 Å². The highest BCUT2D eigenvalue weighted by atomic mass is 16.1. The van der Waals surface area contributed by atoms with Crippen molar-refractivity contribution in [1.82, 2.24) is 20.1 Å². The fourth-order valence-electron chi connectivity index (χ4n) is 4.25. The van der Waals surface area contributed by atoms with Gasteiger partial charge in [-0.25, -0.2) is 0 Å². The van der Waals surface area contributed by atoms with Crippen molar-refractivity contribution < 1.29 is 4.79 Å². The zero-order chi connectivity index (χ0) is 20.7. The van der Waals surface area contributed by atoms with E-state index in [-0.39, 0.29) is 5.91 Å². The predicted octanol–water partition coefficient (Wildman–Crippen LogP) is 4.08. The normalized spacial score (nSPS) is 13.3. The number of nitrogens with zero attached hydrogens (tertiary/aromatic N) is 4. The summed E-state index contributed by atoms with van der Waals surface area (Å²) in [5.41, 5.74) is 7.47. The molecule has 1 N–H and O–H groups in total. The number of rotatable bonds is 3. The van der Waals surface area contributed by atoms with Gasteiger partial charge in [0.2, 0.25) is 0 Å². The Morgan fingerprint density at radius 3 is 2.77 bits per heavy atom. The summed E-state index contributed by atoms with van der Waals surface area (Å²) >= 11 is 0. The van der Waals surface area contributed by atoms with Crippen LogP contribution in [-0.2, 0) is 13.5 Å². The first-order valence-electron chi connectivity index (χ1n) is 10.1. The molecule has 0 fully saturated rings. The molecule has 2 aromatic carbocycles. The van der Waals surface area contributed by atoms with Gasteiger partial charge in [-0.15, -0.1) is 0 Å². The minimum Gasteiger partial charge on any atom is -0.355 e. The lowest BCUT2D eigenvalue weighted by molar-refractivity contribution is 0.0963. The van der Waals surface area contributed by atoms with E-state index in [9.17, 15) is 4.79 Å². The standard InChI is InChI=1S/C24H23N5O/c1-25-24(30)18-5-7-21-20(13-18)23(9-10-26-21)29-11-3-4-17-12-16(6-8-22(17)29)19-14-27-28(2)15-19/h5-10,12-15H,3-4,11H2,1-2H3,(H,25,30). The molecule has 3 heterocycles. The molecule has 0 atom stereocenters. The molecule has 0 saturated carbocycles. The highest BCUT2D eigenvalue weighted by Crippen LogP contribution is 2.38. The van der Waals surface area contributed by atoms with Gasteiger partial charge >= 0.3 is 0 Å². The Hall–Kier alpha value is -3.67. The van der Waals surface area contributed by atoms with Crippen molar-refractivity contribution in [3.05, 3.63) is 72.2 Å². The number of carbonyl (C=O) groups excluding carboxylic acids is 1. The Morgan fingerprint density at radius 1 is 1.07 bits per heavy atom. The highest BCUT2D eigenvalue weighted by Gasteiger charge is 2.21. The van der Waals surface area contributed by atoms with E-state index < -0.39 is 0 Å². The van der Waals surface area contributed by atoms with Crippen LogP contribution < -0.4 is 10.2 Å². The maximum Gasteiger partial charge on any atom is 0.251 e. The highest BCUT2D eigenvalue weighted by molar-refractivity contribution is 6.02. The largest absolute Gasteiger partial charge is 0.355 e. The van der Waals surface area contributed by atoms with Crippen LogP contribution in [0.2, 0.25) is 0 Å². The van der Waals surface area contributed by atoms with Crippen LogP contribution in [0.15, 0.2) is 61.1 Å². The van der Waals surface area contributed by atoms with E-state index in [2.05, 4.69) is 38.5 Å². The van der Waals surface area contributed by atoms with Crippen LogP contribution in [-0.4, -0.2) is 34.3 Å². The van der Waals surface area contributed by atoms with Crippen molar-refractivity contribution >= 4 is 28.2 Å². The summed E-state index contributed by atoms with van der Waals surface area (Å²) < 4.78 is 1.83. The number of nitrogens with one attached hydrogen (secondary N) is 1. The number of amides is 1. The second-order valence-corrected chi connectivity index (χ2v) is 7.64. The number of hydrogen-bond donors (Lipinski definition) is 1. The topological polar surface area (TPSA) is 63.1 Å². The van der Waals surface area contributed by atoms with Crippen LogP contribution in [0.1, 0.15) is 22.3 Å². The third-order valence-corrected chi connectivity index (χ3v) is 5.73. The lowest BCUT2D eigenvalue weighted by Crippen LogP contribution is -2.25. The quantitative estimate of drug-likeness (QED) is 0.566. The van der Waals surface area contributed by atoms with E-state index >= 15 is 0 Å². The minimum absolute atomic E-state index is 0.0909. The molecule has 0 aliphatic carbocycles. The van der Waals surface area contributed by atoms with Crippen LogP contribution in [0.3, 0.4) is 0 Å². The van der Waals surface area contributed by atoms with Gasteiger partial charge in [0, 0.05) is 55.2 Å². The summed E-state index contributed by atoms with van der Waals surface area (Å²) in [6.45, 7) is 0.933. The molecule has 0 unspecified atom stereocenters. The Bertz CT molecular complexity index is 1260. The zero-order valence-corrected chi connectivity index (χ0v) is 17.1. The number of carbonyl (C=O) groups is 1.